The zero-order valence-corrected chi connectivity index (χ0v) is 11.0. The van der Waals surface area contributed by atoms with E-state index in [2.05, 4.69) is 46.1 Å². The number of nitrogens with zero attached hydrogens (tertiary/aromatic N) is 1. The first-order valence-corrected chi connectivity index (χ1v) is 6.31. The highest BCUT2D eigenvalue weighted by Gasteiger charge is 2.03. The first kappa shape index (κ1) is 12.7. The minimum Gasteiger partial charge on any atom is -0.316 e. The molecule has 1 aromatic heterocycles. The van der Waals surface area contributed by atoms with Crippen LogP contribution in [0.3, 0.4) is 0 Å². The molecular weight excluding hydrogens is 252 g/mol. The molecule has 15 heavy (non-hydrogen) atoms. The number of hydrogen-bond acceptors (Lipinski definition) is 2. The molecule has 1 unspecified atom stereocenters. The Hall–Kier alpha value is -0.410. The van der Waals surface area contributed by atoms with Crippen LogP contribution in [0.25, 0.3) is 0 Å². The fourth-order valence-corrected chi connectivity index (χ4v) is 1.98. The second-order valence-corrected chi connectivity index (χ2v) is 4.94. The molecule has 1 rings (SSSR count). The molecule has 3 heteroatoms. The van der Waals surface area contributed by atoms with E-state index in [0.717, 1.165) is 24.0 Å². The lowest BCUT2D eigenvalue weighted by Crippen LogP contribution is -2.23. The maximum absolute atomic E-state index is 4.17. The molecule has 0 saturated carbocycles. The maximum Gasteiger partial charge on any atom is 0.0410 e. The number of nitrogens with one attached hydrogen (secondary N) is 1. The van der Waals surface area contributed by atoms with Crippen molar-refractivity contribution in [3.05, 3.63) is 28.5 Å². The van der Waals surface area contributed by atoms with Crippen LogP contribution in [0.4, 0.5) is 0 Å². The molecule has 0 aliphatic carbocycles. The van der Waals surface area contributed by atoms with Gasteiger partial charge >= 0.3 is 0 Å². The topological polar surface area (TPSA) is 24.9 Å². The highest BCUT2D eigenvalue weighted by Crippen LogP contribution is 2.12. The van der Waals surface area contributed by atoms with Gasteiger partial charge in [-0.25, -0.2) is 0 Å². The van der Waals surface area contributed by atoms with Crippen molar-refractivity contribution in [3.8, 4) is 0 Å². The molecule has 0 spiro atoms. The van der Waals surface area contributed by atoms with Crippen LogP contribution in [-0.4, -0.2) is 18.1 Å². The molecule has 0 fully saturated rings. The van der Waals surface area contributed by atoms with Crippen molar-refractivity contribution in [2.75, 3.05) is 13.1 Å². The largest absolute Gasteiger partial charge is 0.316 e. The molecule has 0 bridgehead atoms. The Morgan fingerprint density at radius 3 is 2.93 bits per heavy atom. The normalized spacial score (nSPS) is 12.7. The van der Waals surface area contributed by atoms with Crippen LogP contribution in [0.2, 0.25) is 0 Å². The van der Waals surface area contributed by atoms with Gasteiger partial charge in [0, 0.05) is 16.9 Å². The third-order valence-electron chi connectivity index (χ3n) is 2.27. The lowest BCUT2D eigenvalue weighted by molar-refractivity contribution is 0.510. The Kier molecular flexibility index (Phi) is 5.88. The van der Waals surface area contributed by atoms with E-state index in [1.165, 1.54) is 12.0 Å². The van der Waals surface area contributed by atoms with Crippen LogP contribution < -0.4 is 5.32 Å². The number of rotatable bonds is 6. The van der Waals surface area contributed by atoms with Gasteiger partial charge in [0.25, 0.3) is 0 Å². The van der Waals surface area contributed by atoms with Crippen molar-refractivity contribution in [2.45, 2.75) is 26.7 Å². The third kappa shape index (κ3) is 5.28. The second-order valence-electron chi connectivity index (χ2n) is 4.02. The fourth-order valence-electron chi connectivity index (χ4n) is 1.57. The maximum atomic E-state index is 4.17. The van der Waals surface area contributed by atoms with Crippen molar-refractivity contribution in [1.29, 1.82) is 0 Å². The van der Waals surface area contributed by atoms with Gasteiger partial charge in [0.15, 0.2) is 0 Å². The van der Waals surface area contributed by atoms with E-state index >= 15 is 0 Å². The monoisotopic (exact) mass is 270 g/mol. The zero-order chi connectivity index (χ0) is 11.1. The molecule has 84 valence electrons. The van der Waals surface area contributed by atoms with Crippen LogP contribution in [0, 0.1) is 5.92 Å². The van der Waals surface area contributed by atoms with Gasteiger partial charge in [0.2, 0.25) is 0 Å². The van der Waals surface area contributed by atoms with Gasteiger partial charge in [-0.1, -0.05) is 13.8 Å². The average molecular weight is 271 g/mol. The van der Waals surface area contributed by atoms with Crippen LogP contribution >= 0.6 is 15.9 Å². The minimum atomic E-state index is 0.660. The van der Waals surface area contributed by atoms with E-state index in [1.807, 2.05) is 12.4 Å². The molecule has 1 N–H and O–H groups in total. The summed E-state index contributed by atoms with van der Waals surface area (Å²) in [5.41, 5.74) is 1.30. The number of aromatic nitrogens is 1. The van der Waals surface area contributed by atoms with Gasteiger partial charge in [-0.15, -0.1) is 0 Å². The molecule has 0 aromatic carbocycles. The average Bonchev–Trinajstić information content (AvgIpc) is 2.18. The standard InChI is InChI=1S/C12H19BrN2/c1-3-4-14-7-10(2)5-11-6-12(13)9-15-8-11/h6,8-10,14H,3-5,7H2,1-2H3. The first-order valence-electron chi connectivity index (χ1n) is 5.52. The molecule has 0 radical (unpaired) electrons. The quantitative estimate of drug-likeness (QED) is 0.804. The summed E-state index contributed by atoms with van der Waals surface area (Å²) in [6.45, 7) is 6.65. The van der Waals surface area contributed by atoms with Crippen molar-refractivity contribution in [2.24, 2.45) is 5.92 Å². The molecule has 0 aliphatic rings. The number of halogens is 1. The summed E-state index contributed by atoms with van der Waals surface area (Å²) in [5, 5.41) is 3.44. The Labute approximate surface area is 101 Å². The fraction of sp³-hybridized carbons (Fsp3) is 0.583. The molecule has 0 aliphatic heterocycles. The summed E-state index contributed by atoms with van der Waals surface area (Å²) >= 11 is 3.44. The second kappa shape index (κ2) is 6.96. The van der Waals surface area contributed by atoms with Gasteiger partial charge in [-0.05, 0) is 59.4 Å². The zero-order valence-electron chi connectivity index (χ0n) is 9.46. The van der Waals surface area contributed by atoms with Gasteiger partial charge in [-0.3, -0.25) is 4.98 Å². The molecule has 0 amide bonds. The highest BCUT2D eigenvalue weighted by molar-refractivity contribution is 9.10. The number of hydrogen-bond donors (Lipinski definition) is 1. The lowest BCUT2D eigenvalue weighted by atomic mass is 10.0. The van der Waals surface area contributed by atoms with Gasteiger partial charge in [0.05, 0.1) is 0 Å². The Morgan fingerprint density at radius 1 is 1.47 bits per heavy atom. The van der Waals surface area contributed by atoms with E-state index in [0.29, 0.717) is 5.92 Å². The Balaban J connectivity index is 2.34. The van der Waals surface area contributed by atoms with E-state index < -0.39 is 0 Å². The molecule has 0 saturated heterocycles. The highest BCUT2D eigenvalue weighted by atomic mass is 79.9. The SMILES string of the molecule is CCCNCC(C)Cc1cncc(Br)c1. The summed E-state index contributed by atoms with van der Waals surface area (Å²) in [6, 6.07) is 2.14. The van der Waals surface area contributed by atoms with E-state index in [9.17, 15) is 0 Å². The van der Waals surface area contributed by atoms with Crippen LogP contribution in [-0.2, 0) is 6.42 Å². The predicted molar refractivity (Wildman–Crippen MR) is 68.0 cm³/mol. The summed E-state index contributed by atoms with van der Waals surface area (Å²) in [5.74, 6) is 0.660. The summed E-state index contributed by atoms with van der Waals surface area (Å²) in [4.78, 5) is 4.17. The predicted octanol–water partition coefficient (Wildman–Crippen LogP) is 3.02. The Bertz CT molecular complexity index is 289. The summed E-state index contributed by atoms with van der Waals surface area (Å²) in [6.07, 6.45) is 6.05. The minimum absolute atomic E-state index is 0.660. The van der Waals surface area contributed by atoms with Crippen LogP contribution in [0.5, 0.6) is 0 Å². The molecule has 2 nitrogen and oxygen atoms in total. The van der Waals surface area contributed by atoms with E-state index in [4.69, 9.17) is 0 Å². The van der Waals surface area contributed by atoms with Crippen molar-refractivity contribution < 1.29 is 0 Å². The molecule has 1 aromatic rings. The first-order chi connectivity index (χ1) is 7.22. The summed E-state index contributed by atoms with van der Waals surface area (Å²) in [7, 11) is 0. The molecular formula is C12H19BrN2. The lowest BCUT2D eigenvalue weighted by Gasteiger charge is -2.12. The Morgan fingerprint density at radius 2 is 2.27 bits per heavy atom. The third-order valence-corrected chi connectivity index (χ3v) is 2.70. The van der Waals surface area contributed by atoms with E-state index in [-0.39, 0.29) is 0 Å². The van der Waals surface area contributed by atoms with Gasteiger partial charge < -0.3 is 5.32 Å². The van der Waals surface area contributed by atoms with Gasteiger partial charge in [0.1, 0.15) is 0 Å². The van der Waals surface area contributed by atoms with Crippen LogP contribution in [0.15, 0.2) is 22.9 Å². The molecule has 1 atom stereocenters. The van der Waals surface area contributed by atoms with E-state index in [1.54, 1.807) is 0 Å². The van der Waals surface area contributed by atoms with Crippen molar-refractivity contribution >= 4 is 15.9 Å². The van der Waals surface area contributed by atoms with Crippen LogP contribution in [0.1, 0.15) is 25.8 Å². The molecule has 1 heterocycles. The van der Waals surface area contributed by atoms with Gasteiger partial charge in [-0.2, -0.15) is 0 Å². The van der Waals surface area contributed by atoms with Crippen molar-refractivity contribution in [3.63, 3.8) is 0 Å². The summed E-state index contributed by atoms with van der Waals surface area (Å²) < 4.78 is 1.06. The smallest absolute Gasteiger partial charge is 0.0410 e. The number of pyridine rings is 1. The van der Waals surface area contributed by atoms with Crippen molar-refractivity contribution in [1.82, 2.24) is 10.3 Å².